The number of hydrogen-bond donors (Lipinski definition) is 3. The predicted molar refractivity (Wildman–Crippen MR) is 113 cm³/mol. The van der Waals surface area contributed by atoms with Crippen molar-refractivity contribution in [1.82, 2.24) is 15.2 Å². The average Bonchev–Trinajstić information content (AvgIpc) is 3.09. The number of aliphatic imine (C=N–C) groups is 1. The van der Waals surface area contributed by atoms with E-state index in [0.717, 1.165) is 24.4 Å². The number of nitrogens with zero attached hydrogens (tertiary/aromatic N) is 3. The van der Waals surface area contributed by atoms with Crippen LogP contribution in [0.4, 0.5) is 5.69 Å². The molecule has 0 fully saturated rings. The van der Waals surface area contributed by atoms with E-state index in [1.165, 1.54) is 35.5 Å². The van der Waals surface area contributed by atoms with Crippen LogP contribution < -0.4 is 10.6 Å². The van der Waals surface area contributed by atoms with Gasteiger partial charge in [-0.15, -0.1) is 11.3 Å². The smallest absolute Gasteiger partial charge is 0.246 e. The molecule has 1 heterocycles. The van der Waals surface area contributed by atoms with E-state index in [1.807, 2.05) is 18.9 Å². The summed E-state index contributed by atoms with van der Waals surface area (Å²) < 4.78 is 0. The lowest BCUT2D eigenvalue weighted by Gasteiger charge is -2.20. The van der Waals surface area contributed by atoms with E-state index in [2.05, 4.69) is 15.6 Å². The van der Waals surface area contributed by atoms with Crippen LogP contribution in [0.2, 0.25) is 0 Å². The summed E-state index contributed by atoms with van der Waals surface area (Å²) in [5.41, 5.74) is 1.89. The molecule has 0 unspecified atom stereocenters. The van der Waals surface area contributed by atoms with E-state index in [0.29, 0.717) is 18.2 Å². The molecule has 1 aliphatic rings. The lowest BCUT2D eigenvalue weighted by molar-refractivity contribution is -0.114. The summed E-state index contributed by atoms with van der Waals surface area (Å²) in [6.07, 6.45) is 4.71. The van der Waals surface area contributed by atoms with Gasteiger partial charge in [-0.2, -0.15) is 0 Å². The van der Waals surface area contributed by atoms with Crippen molar-refractivity contribution in [3.05, 3.63) is 39.8 Å². The van der Waals surface area contributed by atoms with Crippen LogP contribution >= 0.6 is 11.3 Å². The monoisotopic (exact) mass is 401 g/mol. The maximum Gasteiger partial charge on any atom is 0.246 e. The van der Waals surface area contributed by atoms with Crippen LogP contribution in [0.1, 0.15) is 35.3 Å². The summed E-state index contributed by atoms with van der Waals surface area (Å²) in [7, 11) is 1.96. The van der Waals surface area contributed by atoms with Gasteiger partial charge in [-0.1, -0.05) is 0 Å². The number of hydrogen-bond acceptors (Lipinski definition) is 5. The van der Waals surface area contributed by atoms with E-state index in [9.17, 15) is 9.90 Å². The molecule has 0 saturated carbocycles. The lowest BCUT2D eigenvalue weighted by Crippen LogP contribution is -2.39. The fourth-order valence-corrected chi connectivity index (χ4v) is 4.32. The number of amides is 1. The summed E-state index contributed by atoms with van der Waals surface area (Å²) in [6, 6.07) is 6.37. The van der Waals surface area contributed by atoms with Gasteiger partial charge in [-0.3, -0.25) is 4.79 Å². The lowest BCUT2D eigenvalue weighted by atomic mass is 10.0. The first-order chi connectivity index (χ1) is 13.5. The Kier molecular flexibility index (Phi) is 6.86. The molecule has 1 aliphatic carbocycles. The number of nitrogens with one attached hydrogen (secondary N) is 2. The number of phenolic OH excluding ortho intramolecular Hbond substituents is 1. The number of benzene rings is 1. The van der Waals surface area contributed by atoms with E-state index in [4.69, 9.17) is 4.98 Å². The molecule has 0 aliphatic heterocycles. The zero-order chi connectivity index (χ0) is 19.9. The minimum atomic E-state index is -0.209. The maximum atomic E-state index is 12.2. The van der Waals surface area contributed by atoms with Crippen molar-refractivity contribution in [2.45, 2.75) is 39.2 Å². The number of rotatable bonds is 6. The van der Waals surface area contributed by atoms with Crippen molar-refractivity contribution >= 4 is 28.9 Å². The van der Waals surface area contributed by atoms with Crippen LogP contribution in [0.5, 0.6) is 5.75 Å². The van der Waals surface area contributed by atoms with Gasteiger partial charge in [0.2, 0.25) is 5.91 Å². The summed E-state index contributed by atoms with van der Waals surface area (Å²) >= 11 is 1.79. The van der Waals surface area contributed by atoms with E-state index in [1.54, 1.807) is 23.5 Å². The molecule has 28 heavy (non-hydrogen) atoms. The second-order valence-corrected chi connectivity index (χ2v) is 7.97. The number of aryl methyl sites for hydroxylation is 2. The van der Waals surface area contributed by atoms with E-state index < -0.39 is 0 Å². The largest absolute Gasteiger partial charge is 0.508 e. The number of guanidine groups is 1. The third kappa shape index (κ3) is 5.45. The van der Waals surface area contributed by atoms with E-state index >= 15 is 0 Å². The van der Waals surface area contributed by atoms with Crippen LogP contribution in [0.3, 0.4) is 0 Å². The SMILES string of the molecule is CCNC(=NCC(=O)Nc1ccc(O)cc1)N(C)Cc1nc2c(s1)CCCC2. The van der Waals surface area contributed by atoms with Crippen molar-refractivity contribution in [3.8, 4) is 5.75 Å². The number of aromatic nitrogens is 1. The Labute approximate surface area is 169 Å². The standard InChI is InChI=1S/C20H27N5O2S/c1-3-21-20(22-12-18(27)23-14-8-10-15(26)11-9-14)25(2)13-19-24-16-6-4-5-7-17(16)28-19/h8-11,26H,3-7,12-13H2,1-2H3,(H,21,22)(H,23,27). The topological polar surface area (TPSA) is 89.8 Å². The molecule has 8 heteroatoms. The Morgan fingerprint density at radius 2 is 2.04 bits per heavy atom. The van der Waals surface area contributed by atoms with Gasteiger partial charge in [0.05, 0.1) is 12.2 Å². The highest BCUT2D eigenvalue weighted by molar-refractivity contribution is 7.11. The minimum Gasteiger partial charge on any atom is -0.508 e. The number of aromatic hydroxyl groups is 1. The number of thiazole rings is 1. The van der Waals surface area contributed by atoms with Crippen molar-refractivity contribution in [1.29, 1.82) is 0 Å². The fraction of sp³-hybridized carbons (Fsp3) is 0.450. The van der Waals surface area contributed by atoms with Gasteiger partial charge in [-0.05, 0) is 56.9 Å². The van der Waals surface area contributed by atoms with Gasteiger partial charge in [0, 0.05) is 24.2 Å². The normalized spacial score (nSPS) is 13.7. The molecule has 0 saturated heterocycles. The summed E-state index contributed by atoms with van der Waals surface area (Å²) in [4.78, 5) is 24.8. The van der Waals surface area contributed by atoms with Crippen LogP contribution in [0.15, 0.2) is 29.3 Å². The first-order valence-corrected chi connectivity index (χ1v) is 10.4. The molecule has 0 atom stereocenters. The first-order valence-electron chi connectivity index (χ1n) is 9.61. The molecule has 0 radical (unpaired) electrons. The highest BCUT2D eigenvalue weighted by Crippen LogP contribution is 2.27. The molecule has 3 rings (SSSR count). The quantitative estimate of drug-likeness (QED) is 0.393. The minimum absolute atomic E-state index is 0.0158. The van der Waals surface area contributed by atoms with Gasteiger partial charge >= 0.3 is 0 Å². The van der Waals surface area contributed by atoms with Gasteiger partial charge in [0.25, 0.3) is 0 Å². The Morgan fingerprint density at radius 3 is 2.75 bits per heavy atom. The molecular weight excluding hydrogens is 374 g/mol. The zero-order valence-corrected chi connectivity index (χ0v) is 17.2. The van der Waals surface area contributed by atoms with Crippen LogP contribution in [-0.4, -0.2) is 47.0 Å². The number of carbonyl (C=O) groups excluding carboxylic acids is 1. The molecule has 3 N–H and O–H groups in total. The number of phenols is 1. The van der Waals surface area contributed by atoms with Gasteiger partial charge in [0.1, 0.15) is 17.3 Å². The molecular formula is C20H27N5O2S. The molecule has 1 amide bonds. The molecule has 0 bridgehead atoms. The average molecular weight is 402 g/mol. The molecule has 150 valence electrons. The Balaban J connectivity index is 1.59. The summed E-state index contributed by atoms with van der Waals surface area (Å²) in [5, 5.41) is 16.4. The number of fused-ring (bicyclic) bond motifs is 1. The molecule has 0 spiro atoms. The Hall–Kier alpha value is -2.61. The van der Waals surface area contributed by atoms with Gasteiger partial charge < -0.3 is 20.6 Å². The predicted octanol–water partition coefficient (Wildman–Crippen LogP) is 2.76. The first kappa shape index (κ1) is 20.1. The second-order valence-electron chi connectivity index (χ2n) is 6.81. The van der Waals surface area contributed by atoms with Gasteiger partial charge in [-0.25, -0.2) is 9.98 Å². The van der Waals surface area contributed by atoms with Crippen molar-refractivity contribution in [3.63, 3.8) is 0 Å². The second kappa shape index (κ2) is 9.54. The Bertz CT molecular complexity index is 808. The number of carbonyl (C=O) groups is 1. The maximum absolute atomic E-state index is 12.2. The molecule has 1 aromatic heterocycles. The van der Waals surface area contributed by atoms with Gasteiger partial charge in [0.15, 0.2) is 5.96 Å². The van der Waals surface area contributed by atoms with Crippen LogP contribution in [-0.2, 0) is 24.2 Å². The van der Waals surface area contributed by atoms with Crippen molar-refractivity contribution < 1.29 is 9.90 Å². The van der Waals surface area contributed by atoms with Crippen molar-refractivity contribution in [2.75, 3.05) is 25.5 Å². The third-order valence-corrected chi connectivity index (χ3v) is 5.62. The highest BCUT2D eigenvalue weighted by atomic mass is 32.1. The molecule has 1 aromatic carbocycles. The van der Waals surface area contributed by atoms with Crippen LogP contribution in [0.25, 0.3) is 0 Å². The van der Waals surface area contributed by atoms with Crippen molar-refractivity contribution in [2.24, 2.45) is 4.99 Å². The fourth-order valence-electron chi connectivity index (χ4n) is 3.11. The third-order valence-electron chi connectivity index (χ3n) is 4.48. The Morgan fingerprint density at radius 1 is 1.29 bits per heavy atom. The summed E-state index contributed by atoms with van der Waals surface area (Å²) in [6.45, 7) is 3.41. The summed E-state index contributed by atoms with van der Waals surface area (Å²) in [5.74, 6) is 0.631. The van der Waals surface area contributed by atoms with E-state index in [-0.39, 0.29) is 18.2 Å². The molecule has 2 aromatic rings. The number of anilines is 1. The molecule has 7 nitrogen and oxygen atoms in total. The van der Waals surface area contributed by atoms with Crippen LogP contribution in [0, 0.1) is 0 Å². The zero-order valence-electron chi connectivity index (χ0n) is 16.4. The highest BCUT2D eigenvalue weighted by Gasteiger charge is 2.17.